The standard InChI is InChI=1S/C14H18O4S2/c1-19(15,16)13-7-3-5-9-11(7)12-8(13)4-6-10(12)14(9)20(2,17)18/h3-14H,1-2H3/t7-,8-,9-,10+,11?,12?,13?,14?/m1/s1. The molecule has 110 valence electrons. The predicted molar refractivity (Wildman–Crippen MR) is 76.5 cm³/mol. The summed E-state index contributed by atoms with van der Waals surface area (Å²) in [7, 11) is -6.24. The molecule has 0 spiro atoms. The van der Waals surface area contributed by atoms with Crippen LogP contribution in [0.25, 0.3) is 0 Å². The van der Waals surface area contributed by atoms with E-state index >= 15 is 0 Å². The summed E-state index contributed by atoms with van der Waals surface area (Å²) < 4.78 is 48.5. The maximum Gasteiger partial charge on any atom is 0.151 e. The third kappa shape index (κ3) is 1.42. The SMILES string of the molecule is CS(=O)(=O)C1[C@@H]2C=C[C@@H]3C2C2[C@H]1C=C[C@@H]2C3S(C)(=O)=O. The lowest BCUT2D eigenvalue weighted by Gasteiger charge is -2.22. The van der Waals surface area contributed by atoms with Crippen LogP contribution >= 0.6 is 0 Å². The predicted octanol–water partition coefficient (Wildman–Crippen LogP) is 0.677. The smallest absolute Gasteiger partial charge is 0.151 e. The average molecular weight is 314 g/mol. The maximum atomic E-state index is 12.1. The van der Waals surface area contributed by atoms with E-state index in [2.05, 4.69) is 0 Å². The summed E-state index contributed by atoms with van der Waals surface area (Å²) in [6.07, 6.45) is 10.5. The van der Waals surface area contributed by atoms with E-state index in [1.54, 1.807) is 0 Å². The van der Waals surface area contributed by atoms with Crippen molar-refractivity contribution in [2.75, 3.05) is 12.5 Å². The first-order chi connectivity index (χ1) is 9.21. The Balaban J connectivity index is 1.86. The van der Waals surface area contributed by atoms with Gasteiger partial charge in [0.25, 0.3) is 0 Å². The van der Waals surface area contributed by atoms with Gasteiger partial charge in [-0.05, 0) is 35.5 Å². The molecule has 0 radical (unpaired) electrons. The average Bonchev–Trinajstić information content (AvgIpc) is 2.92. The van der Waals surface area contributed by atoms with Gasteiger partial charge in [0.15, 0.2) is 19.7 Å². The minimum absolute atomic E-state index is 0.00389. The Hall–Kier alpha value is -0.620. The van der Waals surface area contributed by atoms with Gasteiger partial charge < -0.3 is 0 Å². The second kappa shape index (κ2) is 3.58. The molecule has 0 aromatic heterocycles. The Kier molecular flexibility index (Phi) is 2.34. The van der Waals surface area contributed by atoms with E-state index in [4.69, 9.17) is 0 Å². The Morgan fingerprint density at radius 3 is 1.05 bits per heavy atom. The van der Waals surface area contributed by atoms with Crippen molar-refractivity contribution < 1.29 is 16.8 Å². The zero-order valence-electron chi connectivity index (χ0n) is 11.4. The monoisotopic (exact) mass is 314 g/mol. The molecule has 0 heterocycles. The first-order valence-electron chi connectivity index (χ1n) is 6.95. The molecule has 4 aliphatic rings. The summed E-state index contributed by atoms with van der Waals surface area (Å²) in [5.41, 5.74) is 0. The van der Waals surface area contributed by atoms with E-state index < -0.39 is 19.7 Å². The second-order valence-electron chi connectivity index (χ2n) is 6.82. The molecule has 0 saturated heterocycles. The lowest BCUT2D eigenvalue weighted by Crippen LogP contribution is -2.34. The van der Waals surface area contributed by atoms with Crippen molar-refractivity contribution in [2.24, 2.45) is 35.5 Å². The van der Waals surface area contributed by atoms with Crippen molar-refractivity contribution in [1.29, 1.82) is 0 Å². The van der Waals surface area contributed by atoms with Crippen LogP contribution in [0.3, 0.4) is 0 Å². The number of rotatable bonds is 2. The van der Waals surface area contributed by atoms with Crippen LogP contribution in [-0.2, 0) is 19.7 Å². The molecule has 6 heteroatoms. The Morgan fingerprint density at radius 1 is 0.600 bits per heavy atom. The quantitative estimate of drug-likeness (QED) is 0.703. The van der Waals surface area contributed by atoms with Crippen LogP contribution < -0.4 is 0 Å². The molecule has 0 bridgehead atoms. The Morgan fingerprint density at radius 2 is 0.850 bits per heavy atom. The molecule has 4 rings (SSSR count). The molecule has 4 aliphatic carbocycles. The van der Waals surface area contributed by atoms with Gasteiger partial charge in [-0.1, -0.05) is 24.3 Å². The fourth-order valence-electron chi connectivity index (χ4n) is 5.54. The molecule has 0 aromatic rings. The van der Waals surface area contributed by atoms with Crippen LogP contribution in [0.5, 0.6) is 0 Å². The van der Waals surface area contributed by atoms with Crippen LogP contribution in [0, 0.1) is 35.5 Å². The second-order valence-corrected chi connectivity index (χ2v) is 11.2. The Labute approximate surface area is 119 Å². The van der Waals surface area contributed by atoms with E-state index in [9.17, 15) is 16.8 Å². The third-order valence-corrected chi connectivity index (χ3v) is 9.07. The molecule has 0 aliphatic heterocycles. The van der Waals surface area contributed by atoms with Gasteiger partial charge in [0.1, 0.15) is 0 Å². The molecule has 0 aromatic carbocycles. The van der Waals surface area contributed by atoms with Crippen LogP contribution in [0.15, 0.2) is 24.3 Å². The number of hydrogen-bond acceptors (Lipinski definition) is 4. The first kappa shape index (κ1) is 13.1. The fraction of sp³-hybridized carbons (Fsp3) is 0.714. The van der Waals surface area contributed by atoms with Gasteiger partial charge in [-0.15, -0.1) is 0 Å². The largest absolute Gasteiger partial charge is 0.229 e. The molecule has 4 unspecified atom stereocenters. The number of allylic oxidation sites excluding steroid dienone is 4. The van der Waals surface area contributed by atoms with Crippen molar-refractivity contribution >= 4 is 19.7 Å². The number of hydrogen-bond donors (Lipinski definition) is 0. The van der Waals surface area contributed by atoms with E-state index in [1.165, 1.54) is 12.5 Å². The van der Waals surface area contributed by atoms with Gasteiger partial charge in [-0.25, -0.2) is 16.8 Å². The lowest BCUT2D eigenvalue weighted by molar-refractivity contribution is 0.343. The summed E-state index contributed by atoms with van der Waals surface area (Å²) in [6, 6.07) is 0. The van der Waals surface area contributed by atoms with Crippen molar-refractivity contribution in [3.05, 3.63) is 24.3 Å². The third-order valence-electron chi connectivity index (χ3n) is 5.84. The highest BCUT2D eigenvalue weighted by Crippen LogP contribution is 2.65. The summed E-state index contributed by atoms with van der Waals surface area (Å²) >= 11 is 0. The van der Waals surface area contributed by atoms with Gasteiger partial charge in [0.05, 0.1) is 10.5 Å². The maximum absolute atomic E-state index is 12.1. The normalized spacial score (nSPS) is 51.9. The van der Waals surface area contributed by atoms with Crippen molar-refractivity contribution in [2.45, 2.75) is 10.5 Å². The van der Waals surface area contributed by atoms with Crippen molar-refractivity contribution in [1.82, 2.24) is 0 Å². The highest BCUT2D eigenvalue weighted by molar-refractivity contribution is 7.91. The highest BCUT2D eigenvalue weighted by atomic mass is 32.2. The molecule has 2 saturated carbocycles. The van der Waals surface area contributed by atoms with Crippen LogP contribution in [0.4, 0.5) is 0 Å². The molecule has 0 N–H and O–H groups in total. The fourth-order valence-corrected chi connectivity index (χ4v) is 8.91. The highest BCUT2D eigenvalue weighted by Gasteiger charge is 2.67. The van der Waals surface area contributed by atoms with Crippen molar-refractivity contribution in [3.8, 4) is 0 Å². The number of sulfone groups is 2. The van der Waals surface area contributed by atoms with Gasteiger partial charge in [-0.2, -0.15) is 0 Å². The Bertz CT molecular complexity index is 639. The molecular formula is C14H18O4S2. The van der Waals surface area contributed by atoms with E-state index in [1.807, 2.05) is 24.3 Å². The van der Waals surface area contributed by atoms with Crippen LogP contribution in [0.1, 0.15) is 0 Å². The molecule has 20 heavy (non-hydrogen) atoms. The molecule has 4 nitrogen and oxygen atoms in total. The van der Waals surface area contributed by atoms with E-state index in [0.29, 0.717) is 0 Å². The molecule has 2 fully saturated rings. The van der Waals surface area contributed by atoms with Gasteiger partial charge >= 0.3 is 0 Å². The van der Waals surface area contributed by atoms with Crippen LogP contribution in [0.2, 0.25) is 0 Å². The van der Waals surface area contributed by atoms with Crippen molar-refractivity contribution in [3.63, 3.8) is 0 Å². The summed E-state index contributed by atoms with van der Waals surface area (Å²) in [5, 5.41) is -0.721. The van der Waals surface area contributed by atoms with E-state index in [-0.39, 0.29) is 46.0 Å². The minimum atomic E-state index is -3.12. The zero-order chi connectivity index (χ0) is 14.4. The summed E-state index contributed by atoms with van der Waals surface area (Å²) in [4.78, 5) is 0. The first-order valence-corrected chi connectivity index (χ1v) is 10.9. The summed E-state index contributed by atoms with van der Waals surface area (Å²) in [5.74, 6) is 0.403. The van der Waals surface area contributed by atoms with Gasteiger partial charge in [-0.3, -0.25) is 0 Å². The van der Waals surface area contributed by atoms with E-state index in [0.717, 1.165) is 0 Å². The molecular weight excluding hydrogens is 296 g/mol. The van der Waals surface area contributed by atoms with Gasteiger partial charge in [0, 0.05) is 12.5 Å². The topological polar surface area (TPSA) is 68.3 Å². The zero-order valence-corrected chi connectivity index (χ0v) is 13.0. The van der Waals surface area contributed by atoms with Gasteiger partial charge in [0.2, 0.25) is 0 Å². The van der Waals surface area contributed by atoms with Crippen LogP contribution in [-0.4, -0.2) is 39.8 Å². The minimum Gasteiger partial charge on any atom is -0.229 e. The lowest BCUT2D eigenvalue weighted by atomic mass is 9.88. The molecule has 0 amide bonds. The summed E-state index contributed by atoms with van der Waals surface area (Å²) in [6.45, 7) is 0. The molecule has 8 atom stereocenters.